The minimum Gasteiger partial charge on any atom is -0.326 e. The fourth-order valence-corrected chi connectivity index (χ4v) is 4.92. The number of hydrogen-bond acceptors (Lipinski definition) is 5. The molecule has 2 amide bonds. The Morgan fingerprint density at radius 1 is 0.974 bits per heavy atom. The average Bonchev–Trinajstić information content (AvgIpc) is 2.86. The van der Waals surface area contributed by atoms with Crippen LogP contribution in [0.3, 0.4) is 0 Å². The van der Waals surface area contributed by atoms with E-state index in [9.17, 15) is 31.2 Å². The molecule has 0 unspecified atom stereocenters. The van der Waals surface area contributed by atoms with Crippen molar-refractivity contribution in [3.63, 3.8) is 0 Å². The second-order valence-electron chi connectivity index (χ2n) is 7.90. The van der Waals surface area contributed by atoms with Crippen molar-refractivity contribution in [2.45, 2.75) is 18.0 Å². The molecular weight excluding hydrogens is 545 g/mol. The van der Waals surface area contributed by atoms with Gasteiger partial charge >= 0.3 is 6.18 Å². The summed E-state index contributed by atoms with van der Waals surface area (Å²) >= 11 is 5.69. The van der Waals surface area contributed by atoms with E-state index in [1.807, 2.05) is 0 Å². The molecule has 38 heavy (non-hydrogen) atoms. The lowest BCUT2D eigenvalue weighted by molar-refractivity contribution is -0.137. The number of anilines is 2. The van der Waals surface area contributed by atoms with Gasteiger partial charge in [0, 0.05) is 12.6 Å². The van der Waals surface area contributed by atoms with Gasteiger partial charge < -0.3 is 5.32 Å². The first-order valence-corrected chi connectivity index (χ1v) is 12.7. The zero-order valence-electron chi connectivity index (χ0n) is 19.8. The standard InChI is InChI=1S/C25H22ClF3N4O4S/c1-16(18-8-10-19(11-9-18)30-17(2)34)31-32-24(35)15-33(38(36,37)21-6-4-3-5-7-21)20-12-13-23(26)22(14-20)25(27,28)29/h3-14,31H,1,15H2,2H3,(H,30,34)(H,32,35). The van der Waals surface area contributed by atoms with Crippen LogP contribution in [0.2, 0.25) is 5.02 Å². The first-order valence-electron chi connectivity index (χ1n) is 10.9. The normalized spacial score (nSPS) is 11.4. The molecule has 0 aliphatic carbocycles. The summed E-state index contributed by atoms with van der Waals surface area (Å²) in [7, 11) is -4.45. The quantitative estimate of drug-likeness (QED) is 0.322. The molecule has 0 saturated carbocycles. The van der Waals surface area contributed by atoms with Gasteiger partial charge in [-0.15, -0.1) is 0 Å². The number of halogens is 4. The molecule has 200 valence electrons. The first-order chi connectivity index (χ1) is 17.8. The smallest absolute Gasteiger partial charge is 0.326 e. The van der Waals surface area contributed by atoms with E-state index in [4.69, 9.17) is 11.6 Å². The molecule has 0 radical (unpaired) electrons. The van der Waals surface area contributed by atoms with Crippen molar-refractivity contribution in [1.29, 1.82) is 0 Å². The van der Waals surface area contributed by atoms with E-state index in [0.717, 1.165) is 12.1 Å². The summed E-state index contributed by atoms with van der Waals surface area (Å²) < 4.78 is 67.6. The third-order valence-corrected chi connectivity index (χ3v) is 7.19. The summed E-state index contributed by atoms with van der Waals surface area (Å²) in [4.78, 5) is 23.7. The summed E-state index contributed by atoms with van der Waals surface area (Å²) in [6, 6.07) is 16.0. The Balaban J connectivity index is 1.84. The summed E-state index contributed by atoms with van der Waals surface area (Å²) in [5, 5.41) is 1.98. The Hall–Kier alpha value is -4.03. The van der Waals surface area contributed by atoms with E-state index >= 15 is 0 Å². The van der Waals surface area contributed by atoms with Crippen LogP contribution in [0.15, 0.2) is 84.3 Å². The number of sulfonamides is 1. The van der Waals surface area contributed by atoms with Crippen LogP contribution in [0.5, 0.6) is 0 Å². The predicted molar refractivity (Wildman–Crippen MR) is 138 cm³/mol. The van der Waals surface area contributed by atoms with Crippen LogP contribution in [0, 0.1) is 0 Å². The van der Waals surface area contributed by atoms with Gasteiger partial charge in [-0.25, -0.2) is 8.42 Å². The third-order valence-electron chi connectivity index (χ3n) is 5.07. The van der Waals surface area contributed by atoms with Crippen molar-refractivity contribution >= 4 is 50.5 Å². The fourth-order valence-electron chi connectivity index (χ4n) is 3.27. The highest BCUT2D eigenvalue weighted by Gasteiger charge is 2.35. The number of hydrogen-bond donors (Lipinski definition) is 3. The average molecular weight is 567 g/mol. The van der Waals surface area contributed by atoms with Crippen LogP contribution in [0.4, 0.5) is 24.5 Å². The summed E-state index contributed by atoms with van der Waals surface area (Å²) in [5.74, 6) is -1.14. The SMILES string of the molecule is C=C(NNC(=O)CN(c1ccc(Cl)c(C(F)(F)F)c1)S(=O)(=O)c1ccccc1)c1ccc(NC(C)=O)cc1. The number of alkyl halides is 3. The molecule has 13 heteroatoms. The van der Waals surface area contributed by atoms with E-state index in [2.05, 4.69) is 22.7 Å². The molecule has 0 atom stereocenters. The fraction of sp³-hybridized carbons (Fsp3) is 0.120. The van der Waals surface area contributed by atoms with E-state index in [1.165, 1.54) is 31.2 Å². The topological polar surface area (TPSA) is 108 Å². The molecule has 0 fully saturated rings. The highest BCUT2D eigenvalue weighted by Crippen LogP contribution is 2.38. The Labute approximate surface area is 222 Å². The zero-order chi connectivity index (χ0) is 28.1. The first kappa shape index (κ1) is 28.5. The van der Waals surface area contributed by atoms with E-state index < -0.39 is 44.9 Å². The Morgan fingerprint density at radius 2 is 1.61 bits per heavy atom. The van der Waals surface area contributed by atoms with Crippen LogP contribution in [-0.4, -0.2) is 26.8 Å². The highest BCUT2D eigenvalue weighted by atomic mass is 35.5. The van der Waals surface area contributed by atoms with Gasteiger partial charge in [0.05, 0.1) is 26.9 Å². The molecule has 3 aromatic carbocycles. The van der Waals surface area contributed by atoms with Gasteiger partial charge in [-0.1, -0.05) is 48.5 Å². The molecule has 0 spiro atoms. The number of rotatable bonds is 9. The Morgan fingerprint density at radius 3 is 2.18 bits per heavy atom. The van der Waals surface area contributed by atoms with Crippen molar-refractivity contribution in [3.8, 4) is 0 Å². The van der Waals surface area contributed by atoms with Crippen LogP contribution in [0.1, 0.15) is 18.1 Å². The summed E-state index contributed by atoms with van der Waals surface area (Å²) in [6.07, 6.45) is -4.85. The molecule has 0 aliphatic rings. The summed E-state index contributed by atoms with van der Waals surface area (Å²) in [6.45, 7) is 4.28. The van der Waals surface area contributed by atoms with Gasteiger partial charge in [0.1, 0.15) is 6.54 Å². The molecule has 0 heterocycles. The van der Waals surface area contributed by atoms with Crippen molar-refractivity contribution < 1.29 is 31.2 Å². The maximum Gasteiger partial charge on any atom is 0.417 e. The molecule has 0 aromatic heterocycles. The third kappa shape index (κ3) is 7.05. The van der Waals surface area contributed by atoms with Crippen molar-refractivity contribution in [2.75, 3.05) is 16.2 Å². The van der Waals surface area contributed by atoms with Gasteiger partial charge in [0.15, 0.2) is 0 Å². The minimum absolute atomic E-state index is 0.229. The maximum absolute atomic E-state index is 13.5. The molecule has 0 saturated heterocycles. The Kier molecular flexibility index (Phi) is 8.69. The Bertz CT molecular complexity index is 1450. The van der Waals surface area contributed by atoms with Gasteiger partial charge in [0.2, 0.25) is 5.91 Å². The number of carbonyl (C=O) groups is 2. The van der Waals surface area contributed by atoms with Gasteiger partial charge in [-0.05, 0) is 48.0 Å². The second-order valence-corrected chi connectivity index (χ2v) is 10.2. The molecule has 3 N–H and O–H groups in total. The van der Waals surface area contributed by atoms with Crippen LogP contribution < -0.4 is 20.5 Å². The number of nitrogens with zero attached hydrogens (tertiary/aromatic N) is 1. The van der Waals surface area contributed by atoms with Crippen LogP contribution >= 0.6 is 11.6 Å². The molecule has 3 rings (SSSR count). The molecule has 0 aliphatic heterocycles. The van der Waals surface area contributed by atoms with E-state index in [-0.39, 0.29) is 16.5 Å². The summed E-state index contributed by atoms with van der Waals surface area (Å²) in [5.41, 5.74) is 4.50. The molecule has 3 aromatic rings. The predicted octanol–water partition coefficient (Wildman–Crippen LogP) is 4.80. The van der Waals surface area contributed by atoms with E-state index in [0.29, 0.717) is 21.6 Å². The van der Waals surface area contributed by atoms with Crippen molar-refractivity contribution in [1.82, 2.24) is 10.9 Å². The van der Waals surface area contributed by atoms with Crippen molar-refractivity contribution in [2.24, 2.45) is 0 Å². The van der Waals surface area contributed by atoms with Crippen LogP contribution in [0.25, 0.3) is 5.70 Å². The lowest BCUT2D eigenvalue weighted by Gasteiger charge is -2.25. The second kappa shape index (κ2) is 11.6. The van der Waals surface area contributed by atoms with Gasteiger partial charge in [-0.2, -0.15) is 13.2 Å². The van der Waals surface area contributed by atoms with Crippen molar-refractivity contribution in [3.05, 3.63) is 95.5 Å². The largest absolute Gasteiger partial charge is 0.417 e. The minimum atomic E-state index is -4.85. The number of nitrogens with one attached hydrogen (secondary N) is 3. The zero-order valence-corrected chi connectivity index (χ0v) is 21.4. The lowest BCUT2D eigenvalue weighted by Crippen LogP contribution is -2.45. The van der Waals surface area contributed by atoms with Gasteiger partial charge in [-0.3, -0.25) is 24.7 Å². The number of benzene rings is 3. The maximum atomic E-state index is 13.5. The highest BCUT2D eigenvalue weighted by molar-refractivity contribution is 7.92. The van der Waals surface area contributed by atoms with Gasteiger partial charge in [0.25, 0.3) is 15.9 Å². The monoisotopic (exact) mass is 566 g/mol. The number of carbonyl (C=O) groups excluding carboxylic acids is 2. The molecule has 8 nitrogen and oxygen atoms in total. The van der Waals surface area contributed by atoms with Crippen LogP contribution in [-0.2, 0) is 25.8 Å². The number of amides is 2. The molecular formula is C25H22ClF3N4O4S. The molecule has 0 bridgehead atoms. The number of hydrazine groups is 1. The lowest BCUT2D eigenvalue weighted by atomic mass is 10.1. The van der Waals surface area contributed by atoms with E-state index in [1.54, 1.807) is 30.3 Å².